The number of carbonyl (C=O) groups excluding carboxylic acids is 2. The van der Waals surface area contributed by atoms with Gasteiger partial charge in [-0.3, -0.25) is 14.5 Å². The summed E-state index contributed by atoms with van der Waals surface area (Å²) in [5, 5.41) is 2.65. The number of anilines is 1. The Labute approximate surface area is 162 Å². The van der Waals surface area contributed by atoms with Crippen molar-refractivity contribution in [2.24, 2.45) is 5.41 Å². The molecule has 0 spiro atoms. The molecule has 0 saturated carbocycles. The number of hydrogen-bond acceptors (Lipinski definition) is 4. The molecule has 1 aliphatic rings. The van der Waals surface area contributed by atoms with Crippen LogP contribution < -0.4 is 10.1 Å². The van der Waals surface area contributed by atoms with Gasteiger partial charge in [-0.1, -0.05) is 20.8 Å². The normalized spacial score (nSPS) is 16.0. The van der Waals surface area contributed by atoms with Gasteiger partial charge in [-0.2, -0.15) is 0 Å². The zero-order chi connectivity index (χ0) is 20.9. The van der Waals surface area contributed by atoms with Gasteiger partial charge in [0.2, 0.25) is 11.8 Å². The number of rotatable bonds is 5. The average molecular weight is 401 g/mol. The molecule has 0 aromatic heterocycles. The van der Waals surface area contributed by atoms with Crippen molar-refractivity contribution in [3.8, 4) is 5.75 Å². The highest BCUT2D eigenvalue weighted by molar-refractivity contribution is 5.92. The van der Waals surface area contributed by atoms with Crippen LogP contribution in [0.1, 0.15) is 27.2 Å². The largest absolute Gasteiger partial charge is 0.573 e. The Balaban J connectivity index is 1.76. The molecular formula is C19H26F3N3O3. The molecule has 0 radical (unpaired) electrons. The van der Waals surface area contributed by atoms with E-state index in [1.54, 1.807) is 0 Å². The van der Waals surface area contributed by atoms with Crippen LogP contribution in [0.2, 0.25) is 0 Å². The number of piperazine rings is 1. The van der Waals surface area contributed by atoms with Gasteiger partial charge in [0.05, 0.1) is 6.54 Å². The van der Waals surface area contributed by atoms with Crippen molar-refractivity contribution >= 4 is 17.5 Å². The molecule has 0 bridgehead atoms. The molecular weight excluding hydrogens is 375 g/mol. The summed E-state index contributed by atoms with van der Waals surface area (Å²) in [6.45, 7) is 8.57. The van der Waals surface area contributed by atoms with Crippen LogP contribution in [-0.2, 0) is 9.59 Å². The van der Waals surface area contributed by atoms with Crippen molar-refractivity contribution in [1.82, 2.24) is 9.80 Å². The number of ether oxygens (including phenoxy) is 1. The highest BCUT2D eigenvalue weighted by Crippen LogP contribution is 2.24. The minimum Gasteiger partial charge on any atom is -0.406 e. The van der Waals surface area contributed by atoms with Crippen LogP contribution in [0.3, 0.4) is 0 Å². The topological polar surface area (TPSA) is 61.9 Å². The molecule has 1 aromatic rings. The number of nitrogens with zero attached hydrogens (tertiary/aromatic N) is 2. The molecule has 28 heavy (non-hydrogen) atoms. The van der Waals surface area contributed by atoms with Crippen LogP contribution in [0, 0.1) is 5.41 Å². The Hall–Kier alpha value is -2.29. The lowest BCUT2D eigenvalue weighted by atomic mass is 9.91. The molecule has 1 fully saturated rings. The van der Waals surface area contributed by atoms with Crippen LogP contribution in [0.15, 0.2) is 24.3 Å². The first kappa shape index (κ1) is 22.0. The Morgan fingerprint density at radius 2 is 1.61 bits per heavy atom. The minimum atomic E-state index is -4.75. The highest BCUT2D eigenvalue weighted by atomic mass is 19.4. The monoisotopic (exact) mass is 401 g/mol. The molecule has 0 atom stereocenters. The van der Waals surface area contributed by atoms with E-state index in [1.165, 1.54) is 12.1 Å². The number of halogens is 3. The maximum Gasteiger partial charge on any atom is 0.573 e. The van der Waals surface area contributed by atoms with Crippen LogP contribution in [0.5, 0.6) is 5.75 Å². The minimum absolute atomic E-state index is 0.0607. The summed E-state index contributed by atoms with van der Waals surface area (Å²) in [5.74, 6) is -0.488. The van der Waals surface area contributed by atoms with Crippen molar-refractivity contribution < 1.29 is 27.5 Å². The fraction of sp³-hybridized carbons (Fsp3) is 0.579. The summed E-state index contributed by atoms with van der Waals surface area (Å²) in [6, 6.07) is 4.98. The molecule has 1 aliphatic heterocycles. The number of amides is 2. The first-order valence-electron chi connectivity index (χ1n) is 9.07. The molecule has 9 heteroatoms. The molecule has 0 unspecified atom stereocenters. The first-order chi connectivity index (χ1) is 12.9. The summed E-state index contributed by atoms with van der Waals surface area (Å²) in [6.07, 6.45) is -4.26. The van der Waals surface area contributed by atoms with Crippen molar-refractivity contribution in [1.29, 1.82) is 0 Å². The number of nitrogens with one attached hydrogen (secondary N) is 1. The van der Waals surface area contributed by atoms with E-state index in [9.17, 15) is 22.8 Å². The van der Waals surface area contributed by atoms with E-state index in [2.05, 4.69) is 10.1 Å². The summed E-state index contributed by atoms with van der Waals surface area (Å²) >= 11 is 0. The van der Waals surface area contributed by atoms with Crippen molar-refractivity contribution in [3.05, 3.63) is 24.3 Å². The molecule has 2 rings (SSSR count). The van der Waals surface area contributed by atoms with Crippen LogP contribution in [-0.4, -0.2) is 60.7 Å². The van der Waals surface area contributed by atoms with Crippen LogP contribution in [0.4, 0.5) is 18.9 Å². The molecule has 1 N–H and O–H groups in total. The van der Waals surface area contributed by atoms with Gasteiger partial charge in [-0.25, -0.2) is 0 Å². The molecule has 156 valence electrons. The Bertz CT molecular complexity index is 676. The highest BCUT2D eigenvalue weighted by Gasteiger charge is 2.31. The quantitative estimate of drug-likeness (QED) is 0.824. The molecule has 1 heterocycles. The van der Waals surface area contributed by atoms with Gasteiger partial charge in [0.1, 0.15) is 5.75 Å². The van der Waals surface area contributed by atoms with Crippen molar-refractivity contribution in [2.75, 3.05) is 38.0 Å². The fourth-order valence-corrected chi connectivity index (χ4v) is 2.86. The molecule has 6 nitrogen and oxygen atoms in total. The molecule has 0 aliphatic carbocycles. The van der Waals surface area contributed by atoms with E-state index in [4.69, 9.17) is 0 Å². The fourth-order valence-electron chi connectivity index (χ4n) is 2.86. The lowest BCUT2D eigenvalue weighted by Crippen LogP contribution is -2.50. The maximum absolute atomic E-state index is 12.2. The lowest BCUT2D eigenvalue weighted by molar-refractivity contribution is -0.274. The predicted molar refractivity (Wildman–Crippen MR) is 98.8 cm³/mol. The summed E-state index contributed by atoms with van der Waals surface area (Å²) in [4.78, 5) is 28.2. The number of benzene rings is 1. The second-order valence-electron chi connectivity index (χ2n) is 8.01. The molecule has 1 saturated heterocycles. The van der Waals surface area contributed by atoms with Gasteiger partial charge >= 0.3 is 6.36 Å². The van der Waals surface area contributed by atoms with Gasteiger partial charge in [0, 0.05) is 38.3 Å². The standard InChI is InChI=1S/C19H26F3N3O3/c1-18(2,3)12-17(27)25-10-8-24(9-11-25)13-16(26)23-14-4-6-15(7-5-14)28-19(20,21)22/h4-7H,8-13H2,1-3H3,(H,23,26). The van der Waals surface area contributed by atoms with Gasteiger partial charge in [0.25, 0.3) is 0 Å². The Morgan fingerprint density at radius 1 is 1.04 bits per heavy atom. The second-order valence-corrected chi connectivity index (χ2v) is 8.01. The lowest BCUT2D eigenvalue weighted by Gasteiger charge is -2.35. The van der Waals surface area contributed by atoms with E-state index in [-0.39, 0.29) is 29.5 Å². The summed E-state index contributed by atoms with van der Waals surface area (Å²) in [5.41, 5.74) is 0.327. The third-order valence-corrected chi connectivity index (χ3v) is 4.15. The average Bonchev–Trinajstić information content (AvgIpc) is 2.54. The zero-order valence-electron chi connectivity index (χ0n) is 16.3. The SMILES string of the molecule is CC(C)(C)CC(=O)N1CCN(CC(=O)Nc2ccc(OC(F)(F)F)cc2)CC1. The van der Waals surface area contributed by atoms with Gasteiger partial charge in [-0.15, -0.1) is 13.2 Å². The maximum atomic E-state index is 12.2. The van der Waals surface area contributed by atoms with Crippen LogP contribution in [0.25, 0.3) is 0 Å². The zero-order valence-corrected chi connectivity index (χ0v) is 16.3. The van der Waals surface area contributed by atoms with E-state index in [0.717, 1.165) is 12.1 Å². The van der Waals surface area contributed by atoms with Crippen molar-refractivity contribution in [2.45, 2.75) is 33.6 Å². The smallest absolute Gasteiger partial charge is 0.406 e. The Kier molecular flexibility index (Phi) is 6.92. The summed E-state index contributed by atoms with van der Waals surface area (Å²) < 4.78 is 40.2. The van der Waals surface area contributed by atoms with Crippen molar-refractivity contribution in [3.63, 3.8) is 0 Å². The predicted octanol–water partition coefficient (Wildman–Crippen LogP) is 3.10. The van der Waals surface area contributed by atoms with E-state index < -0.39 is 6.36 Å². The molecule has 2 amide bonds. The Morgan fingerprint density at radius 3 is 2.11 bits per heavy atom. The third kappa shape index (κ3) is 7.75. The number of hydrogen-bond donors (Lipinski definition) is 1. The number of alkyl halides is 3. The first-order valence-corrected chi connectivity index (χ1v) is 9.07. The van der Waals surface area contributed by atoms with Gasteiger partial charge < -0.3 is 15.0 Å². The van der Waals surface area contributed by atoms with E-state index >= 15 is 0 Å². The van der Waals surface area contributed by atoms with E-state index in [1.807, 2.05) is 30.6 Å². The number of carbonyl (C=O) groups is 2. The van der Waals surface area contributed by atoms with Gasteiger partial charge in [-0.05, 0) is 29.7 Å². The van der Waals surface area contributed by atoms with Crippen LogP contribution >= 0.6 is 0 Å². The summed E-state index contributed by atoms with van der Waals surface area (Å²) in [7, 11) is 0. The molecule has 1 aromatic carbocycles. The second kappa shape index (κ2) is 8.81. The third-order valence-electron chi connectivity index (χ3n) is 4.15. The van der Waals surface area contributed by atoms with Gasteiger partial charge in [0.15, 0.2) is 0 Å². The van der Waals surface area contributed by atoms with E-state index in [0.29, 0.717) is 38.3 Å².